The molecule has 1 aromatic heterocycles. The van der Waals surface area contributed by atoms with Crippen molar-refractivity contribution in [2.24, 2.45) is 12.9 Å². The number of nitrogens with one attached hydrogen (secondary N) is 1. The molecular weight excluding hydrogens is 312 g/mol. The summed E-state index contributed by atoms with van der Waals surface area (Å²) >= 11 is 3.60. The smallest absolute Gasteiger partial charge is 0.0766 e. The number of ether oxygens (including phenoxy) is 2. The van der Waals surface area contributed by atoms with E-state index in [2.05, 4.69) is 33.4 Å². The molecule has 1 atom stereocenters. The molecule has 19 heavy (non-hydrogen) atoms. The fourth-order valence-electron chi connectivity index (χ4n) is 1.81. The van der Waals surface area contributed by atoms with Gasteiger partial charge in [-0.05, 0) is 22.4 Å². The van der Waals surface area contributed by atoms with Gasteiger partial charge < -0.3 is 9.47 Å². The third-order valence-corrected chi connectivity index (χ3v) is 3.84. The predicted molar refractivity (Wildman–Crippen MR) is 77.8 cm³/mol. The molecule has 0 amide bonds. The predicted octanol–water partition coefficient (Wildman–Crippen LogP) is 0.782. The number of hydrogen-bond acceptors (Lipinski definition) is 5. The maximum Gasteiger partial charge on any atom is 0.0766 e. The summed E-state index contributed by atoms with van der Waals surface area (Å²) in [5, 5.41) is 4.47. The molecule has 3 N–H and O–H groups in total. The number of aryl methyl sites for hydroxylation is 2. The van der Waals surface area contributed by atoms with E-state index in [1.54, 1.807) is 7.11 Å². The van der Waals surface area contributed by atoms with Crippen LogP contribution >= 0.6 is 15.9 Å². The molecule has 0 radical (unpaired) electrons. The first kappa shape index (κ1) is 16.6. The van der Waals surface area contributed by atoms with Crippen LogP contribution in [-0.4, -0.2) is 42.8 Å². The van der Waals surface area contributed by atoms with Gasteiger partial charge in [-0.1, -0.05) is 6.92 Å². The molecule has 7 heteroatoms. The number of nitrogens with two attached hydrogens (primary N) is 1. The maximum atomic E-state index is 5.57. The van der Waals surface area contributed by atoms with Crippen LogP contribution in [0.5, 0.6) is 0 Å². The van der Waals surface area contributed by atoms with E-state index in [4.69, 9.17) is 15.3 Å². The van der Waals surface area contributed by atoms with Crippen molar-refractivity contribution in [2.75, 3.05) is 26.9 Å². The first-order chi connectivity index (χ1) is 9.13. The second kappa shape index (κ2) is 8.65. The molecule has 1 heterocycles. The average Bonchev–Trinajstić information content (AvgIpc) is 2.69. The average molecular weight is 335 g/mol. The molecule has 0 bridgehead atoms. The Morgan fingerprint density at radius 2 is 2.21 bits per heavy atom. The lowest BCUT2D eigenvalue weighted by molar-refractivity contribution is 0.0585. The molecule has 0 saturated carbocycles. The van der Waals surface area contributed by atoms with E-state index in [1.807, 2.05) is 11.7 Å². The number of rotatable bonds is 9. The second-order valence-electron chi connectivity index (χ2n) is 4.32. The van der Waals surface area contributed by atoms with Crippen molar-refractivity contribution in [1.29, 1.82) is 0 Å². The van der Waals surface area contributed by atoms with E-state index in [0.717, 1.165) is 28.7 Å². The molecule has 110 valence electrons. The Balaban J connectivity index is 2.57. The van der Waals surface area contributed by atoms with Gasteiger partial charge in [0, 0.05) is 26.6 Å². The molecule has 1 aromatic rings. The molecule has 6 nitrogen and oxygen atoms in total. The minimum atomic E-state index is 0.0493. The summed E-state index contributed by atoms with van der Waals surface area (Å²) in [6, 6.07) is 0.0493. The molecule has 0 spiro atoms. The van der Waals surface area contributed by atoms with Gasteiger partial charge in [-0.3, -0.25) is 16.0 Å². The Kier molecular flexibility index (Phi) is 7.55. The van der Waals surface area contributed by atoms with Crippen molar-refractivity contribution in [3.63, 3.8) is 0 Å². The van der Waals surface area contributed by atoms with Crippen LogP contribution in [0.1, 0.15) is 18.3 Å². The molecule has 1 rings (SSSR count). The highest BCUT2D eigenvalue weighted by Gasteiger charge is 2.17. The fraction of sp³-hybridized carbons (Fsp3) is 0.750. The van der Waals surface area contributed by atoms with Gasteiger partial charge in [-0.15, -0.1) is 0 Å². The van der Waals surface area contributed by atoms with Gasteiger partial charge in [0.1, 0.15) is 0 Å². The van der Waals surface area contributed by atoms with Crippen molar-refractivity contribution in [3.8, 4) is 0 Å². The van der Waals surface area contributed by atoms with Crippen LogP contribution in [0.25, 0.3) is 0 Å². The maximum absolute atomic E-state index is 5.57. The lowest BCUT2D eigenvalue weighted by atomic mass is 10.1. The molecule has 0 aliphatic rings. The Labute approximate surface area is 122 Å². The third-order valence-electron chi connectivity index (χ3n) is 2.93. The van der Waals surface area contributed by atoms with Crippen molar-refractivity contribution >= 4 is 15.9 Å². The first-order valence-corrected chi connectivity index (χ1v) is 7.16. The van der Waals surface area contributed by atoms with Gasteiger partial charge in [0.2, 0.25) is 0 Å². The molecule has 0 aliphatic carbocycles. The Morgan fingerprint density at radius 3 is 2.74 bits per heavy atom. The number of hydrazine groups is 1. The van der Waals surface area contributed by atoms with E-state index in [9.17, 15) is 0 Å². The fourth-order valence-corrected chi connectivity index (χ4v) is 2.59. The minimum absolute atomic E-state index is 0.0493. The first-order valence-electron chi connectivity index (χ1n) is 6.37. The quantitative estimate of drug-likeness (QED) is 0.396. The van der Waals surface area contributed by atoms with Gasteiger partial charge >= 0.3 is 0 Å². The largest absolute Gasteiger partial charge is 0.382 e. The number of hydrogen-bond donors (Lipinski definition) is 2. The van der Waals surface area contributed by atoms with E-state index >= 15 is 0 Å². The van der Waals surface area contributed by atoms with E-state index in [0.29, 0.717) is 19.8 Å². The normalized spacial score (nSPS) is 12.9. The summed E-state index contributed by atoms with van der Waals surface area (Å²) in [6.45, 7) is 3.79. The monoisotopic (exact) mass is 334 g/mol. The SMILES string of the molecule is CCc1nn(C)c(CC(COCCOC)NN)c1Br. The number of halogens is 1. The van der Waals surface area contributed by atoms with Crippen molar-refractivity contribution in [3.05, 3.63) is 15.9 Å². The summed E-state index contributed by atoms with van der Waals surface area (Å²) in [5.74, 6) is 5.57. The van der Waals surface area contributed by atoms with Crippen molar-refractivity contribution in [2.45, 2.75) is 25.8 Å². The van der Waals surface area contributed by atoms with E-state index in [-0.39, 0.29) is 6.04 Å². The van der Waals surface area contributed by atoms with E-state index < -0.39 is 0 Å². The zero-order valence-corrected chi connectivity index (χ0v) is 13.4. The van der Waals surface area contributed by atoms with Gasteiger partial charge in [0.05, 0.1) is 35.7 Å². The Bertz CT molecular complexity index is 384. The topological polar surface area (TPSA) is 74.3 Å². The van der Waals surface area contributed by atoms with Crippen LogP contribution in [-0.2, 0) is 29.4 Å². The van der Waals surface area contributed by atoms with E-state index in [1.165, 1.54) is 0 Å². The summed E-state index contributed by atoms with van der Waals surface area (Å²) in [6.07, 6.45) is 1.66. The zero-order chi connectivity index (χ0) is 14.3. The minimum Gasteiger partial charge on any atom is -0.382 e. The Morgan fingerprint density at radius 1 is 1.47 bits per heavy atom. The standard InChI is InChI=1S/C12H23BrN4O2/c1-4-10-12(13)11(17(2)16-10)7-9(15-14)8-19-6-5-18-3/h9,15H,4-8,14H2,1-3H3. The highest BCUT2D eigenvalue weighted by atomic mass is 79.9. The van der Waals surface area contributed by atoms with Gasteiger partial charge in [0.15, 0.2) is 0 Å². The zero-order valence-electron chi connectivity index (χ0n) is 11.8. The lowest BCUT2D eigenvalue weighted by Crippen LogP contribution is -2.41. The number of nitrogens with zero attached hydrogens (tertiary/aromatic N) is 2. The van der Waals surface area contributed by atoms with Crippen LogP contribution in [0.15, 0.2) is 4.47 Å². The summed E-state index contributed by atoms with van der Waals surface area (Å²) in [7, 11) is 3.60. The van der Waals surface area contributed by atoms with Crippen LogP contribution in [0.2, 0.25) is 0 Å². The number of methoxy groups -OCH3 is 1. The molecule has 0 aromatic carbocycles. The highest BCUT2D eigenvalue weighted by molar-refractivity contribution is 9.10. The molecule has 1 unspecified atom stereocenters. The molecule has 0 aliphatic heterocycles. The van der Waals surface area contributed by atoms with Crippen molar-refractivity contribution < 1.29 is 9.47 Å². The van der Waals surface area contributed by atoms with Crippen LogP contribution in [0.3, 0.4) is 0 Å². The lowest BCUT2D eigenvalue weighted by Gasteiger charge is -2.16. The van der Waals surface area contributed by atoms with Crippen LogP contribution in [0, 0.1) is 0 Å². The third kappa shape index (κ3) is 4.85. The summed E-state index contributed by atoms with van der Waals surface area (Å²) in [4.78, 5) is 0. The summed E-state index contributed by atoms with van der Waals surface area (Å²) < 4.78 is 13.4. The second-order valence-corrected chi connectivity index (χ2v) is 5.11. The number of aromatic nitrogens is 2. The summed E-state index contributed by atoms with van der Waals surface area (Å²) in [5.41, 5.74) is 4.97. The van der Waals surface area contributed by atoms with Crippen LogP contribution in [0.4, 0.5) is 0 Å². The molecule has 0 saturated heterocycles. The van der Waals surface area contributed by atoms with Crippen molar-refractivity contribution in [1.82, 2.24) is 15.2 Å². The highest BCUT2D eigenvalue weighted by Crippen LogP contribution is 2.22. The molecule has 0 fully saturated rings. The van der Waals surface area contributed by atoms with Gasteiger partial charge in [-0.2, -0.15) is 5.10 Å². The van der Waals surface area contributed by atoms with Gasteiger partial charge in [-0.25, -0.2) is 0 Å². The van der Waals surface area contributed by atoms with Crippen LogP contribution < -0.4 is 11.3 Å². The van der Waals surface area contributed by atoms with Gasteiger partial charge in [0.25, 0.3) is 0 Å². The molecular formula is C12H23BrN4O2. The Hall–Kier alpha value is -0.470.